The molecule has 0 aliphatic carbocycles. The summed E-state index contributed by atoms with van der Waals surface area (Å²) in [6.45, 7) is 1.25. The molecule has 0 spiro atoms. The number of carboxylic acid groups (broad SMARTS) is 1. The van der Waals surface area contributed by atoms with E-state index in [2.05, 4.69) is 4.98 Å². The predicted octanol–water partition coefficient (Wildman–Crippen LogP) is 1.76. The number of H-pyrrole nitrogens is 1. The molecule has 0 bridgehead atoms. The number of carbonyl (C=O) groups is 2. The number of aliphatic carboxylic acids is 1. The maximum absolute atomic E-state index is 11.9. The largest absolute Gasteiger partial charge is 0.480 e. The fraction of sp³-hybridized carbons (Fsp3) is 0.231. The number of hydrogen-bond acceptors (Lipinski definition) is 3. The van der Waals surface area contributed by atoms with Gasteiger partial charge in [0, 0.05) is 22.7 Å². The minimum absolute atomic E-state index is 0.229. The summed E-state index contributed by atoms with van der Waals surface area (Å²) in [4.78, 5) is 25.2. The number of nitrogens with one attached hydrogen (secondary N) is 1. The van der Waals surface area contributed by atoms with Gasteiger partial charge >= 0.3 is 5.97 Å². The number of aromatic nitrogens is 1. The molecule has 0 atom stereocenters. The van der Waals surface area contributed by atoms with Crippen molar-refractivity contribution in [3.8, 4) is 0 Å². The standard InChI is InChI=1S/C13H13NO4/c1-8-2-3-11-9(4-8)10(5-14-11)12(15)6-18-7-13(16)17/h2-5,14H,6-7H2,1H3,(H,16,17). The Bertz CT molecular complexity index is 600. The fourth-order valence-electron chi connectivity index (χ4n) is 1.77. The van der Waals surface area contributed by atoms with Gasteiger partial charge in [-0.2, -0.15) is 0 Å². The second-order valence-corrected chi connectivity index (χ2v) is 4.06. The minimum Gasteiger partial charge on any atom is -0.480 e. The van der Waals surface area contributed by atoms with Gasteiger partial charge in [-0.1, -0.05) is 11.6 Å². The van der Waals surface area contributed by atoms with Gasteiger partial charge in [0.15, 0.2) is 5.78 Å². The summed E-state index contributed by atoms with van der Waals surface area (Å²) in [5.74, 6) is -1.31. The van der Waals surface area contributed by atoms with Crippen molar-refractivity contribution in [2.24, 2.45) is 0 Å². The normalized spacial score (nSPS) is 10.7. The van der Waals surface area contributed by atoms with E-state index in [1.54, 1.807) is 6.20 Å². The van der Waals surface area contributed by atoms with Gasteiger partial charge in [-0.15, -0.1) is 0 Å². The van der Waals surface area contributed by atoms with Gasteiger partial charge in [-0.05, 0) is 19.1 Å². The molecule has 1 aromatic heterocycles. The summed E-state index contributed by atoms with van der Waals surface area (Å²) in [6, 6.07) is 5.77. The third-order valence-electron chi connectivity index (χ3n) is 2.60. The summed E-state index contributed by atoms with van der Waals surface area (Å²) in [7, 11) is 0. The quantitative estimate of drug-likeness (QED) is 0.789. The molecule has 1 aromatic carbocycles. The molecule has 0 unspecified atom stereocenters. The average Bonchev–Trinajstić information content (AvgIpc) is 2.71. The SMILES string of the molecule is Cc1ccc2[nH]cc(C(=O)COCC(=O)O)c2c1. The summed E-state index contributed by atoms with van der Waals surface area (Å²) in [6.07, 6.45) is 1.62. The number of carboxylic acids is 1. The van der Waals surface area contributed by atoms with Crippen LogP contribution >= 0.6 is 0 Å². The van der Waals surface area contributed by atoms with E-state index in [0.29, 0.717) is 5.56 Å². The van der Waals surface area contributed by atoms with Crippen molar-refractivity contribution in [2.45, 2.75) is 6.92 Å². The molecule has 5 heteroatoms. The molecule has 94 valence electrons. The van der Waals surface area contributed by atoms with Crippen LogP contribution in [0.4, 0.5) is 0 Å². The maximum Gasteiger partial charge on any atom is 0.329 e. The molecule has 1 heterocycles. The van der Waals surface area contributed by atoms with E-state index in [0.717, 1.165) is 16.5 Å². The second kappa shape index (κ2) is 5.01. The highest BCUT2D eigenvalue weighted by atomic mass is 16.5. The van der Waals surface area contributed by atoms with Crippen molar-refractivity contribution in [3.05, 3.63) is 35.5 Å². The van der Waals surface area contributed by atoms with Crippen LogP contribution in [0, 0.1) is 6.92 Å². The first kappa shape index (κ1) is 12.3. The lowest BCUT2D eigenvalue weighted by Gasteiger charge is -2.00. The number of Topliss-reactive ketones (excluding diaryl/α,β-unsaturated/α-hetero) is 1. The molecule has 2 N–H and O–H groups in total. The van der Waals surface area contributed by atoms with Crippen LogP contribution in [-0.4, -0.2) is 35.1 Å². The number of ether oxygens (including phenoxy) is 1. The highest BCUT2D eigenvalue weighted by Gasteiger charge is 2.12. The number of ketones is 1. The maximum atomic E-state index is 11.9. The number of benzene rings is 1. The zero-order valence-corrected chi connectivity index (χ0v) is 9.90. The van der Waals surface area contributed by atoms with Crippen LogP contribution in [0.5, 0.6) is 0 Å². The lowest BCUT2D eigenvalue weighted by molar-refractivity contribution is -0.141. The number of aromatic amines is 1. The van der Waals surface area contributed by atoms with Crippen molar-refractivity contribution < 1.29 is 19.4 Å². The lowest BCUT2D eigenvalue weighted by atomic mass is 10.1. The van der Waals surface area contributed by atoms with E-state index in [9.17, 15) is 9.59 Å². The first-order valence-electron chi connectivity index (χ1n) is 5.48. The van der Waals surface area contributed by atoms with E-state index in [1.807, 2.05) is 25.1 Å². The molecule has 0 fully saturated rings. The summed E-state index contributed by atoms with van der Waals surface area (Å²) in [5, 5.41) is 9.25. The predicted molar refractivity (Wildman–Crippen MR) is 65.8 cm³/mol. The summed E-state index contributed by atoms with van der Waals surface area (Å²) in [5.41, 5.74) is 2.46. The molecule has 0 radical (unpaired) electrons. The Morgan fingerprint density at radius 3 is 2.83 bits per heavy atom. The van der Waals surface area contributed by atoms with Gasteiger partial charge in [0.1, 0.15) is 13.2 Å². The minimum atomic E-state index is -1.09. The van der Waals surface area contributed by atoms with E-state index in [1.165, 1.54) is 0 Å². The van der Waals surface area contributed by atoms with Gasteiger partial charge in [0.25, 0.3) is 0 Å². The summed E-state index contributed by atoms with van der Waals surface area (Å²) >= 11 is 0. The Kier molecular flexibility index (Phi) is 3.43. The Balaban J connectivity index is 2.17. The van der Waals surface area contributed by atoms with Crippen molar-refractivity contribution in [1.82, 2.24) is 4.98 Å². The molecular weight excluding hydrogens is 234 g/mol. The molecule has 2 aromatic rings. The van der Waals surface area contributed by atoms with Gasteiger partial charge in [-0.25, -0.2) is 4.79 Å². The van der Waals surface area contributed by atoms with Crippen LogP contribution in [0.25, 0.3) is 10.9 Å². The van der Waals surface area contributed by atoms with Crippen LogP contribution in [-0.2, 0) is 9.53 Å². The van der Waals surface area contributed by atoms with Crippen LogP contribution in [0.1, 0.15) is 15.9 Å². The Morgan fingerprint density at radius 2 is 2.11 bits per heavy atom. The second-order valence-electron chi connectivity index (χ2n) is 4.06. The monoisotopic (exact) mass is 247 g/mol. The first-order valence-corrected chi connectivity index (χ1v) is 5.48. The number of aryl methyl sites for hydroxylation is 1. The smallest absolute Gasteiger partial charge is 0.329 e. The third kappa shape index (κ3) is 2.57. The van der Waals surface area contributed by atoms with Crippen LogP contribution in [0.2, 0.25) is 0 Å². The molecule has 5 nitrogen and oxygen atoms in total. The molecule has 0 saturated carbocycles. The van der Waals surface area contributed by atoms with E-state index in [-0.39, 0.29) is 12.4 Å². The van der Waals surface area contributed by atoms with E-state index >= 15 is 0 Å². The molecule has 0 saturated heterocycles. The topological polar surface area (TPSA) is 79.4 Å². The number of carbonyl (C=O) groups excluding carboxylic acids is 1. The molecular formula is C13H13NO4. The van der Waals surface area contributed by atoms with Crippen molar-refractivity contribution in [1.29, 1.82) is 0 Å². The molecule has 0 aliphatic rings. The van der Waals surface area contributed by atoms with Crippen LogP contribution in [0.15, 0.2) is 24.4 Å². The van der Waals surface area contributed by atoms with Crippen molar-refractivity contribution >= 4 is 22.7 Å². The Labute approximate surface area is 103 Å². The highest BCUT2D eigenvalue weighted by molar-refractivity contribution is 6.08. The van der Waals surface area contributed by atoms with Gasteiger partial charge in [0.05, 0.1) is 0 Å². The molecule has 2 rings (SSSR count). The number of fused-ring (bicyclic) bond motifs is 1. The third-order valence-corrected chi connectivity index (χ3v) is 2.60. The highest BCUT2D eigenvalue weighted by Crippen LogP contribution is 2.20. The Hall–Kier alpha value is -2.14. The van der Waals surface area contributed by atoms with Crippen molar-refractivity contribution in [3.63, 3.8) is 0 Å². The van der Waals surface area contributed by atoms with Crippen LogP contribution in [0.3, 0.4) is 0 Å². The van der Waals surface area contributed by atoms with Gasteiger partial charge < -0.3 is 14.8 Å². The first-order chi connectivity index (χ1) is 8.58. The van der Waals surface area contributed by atoms with Crippen LogP contribution < -0.4 is 0 Å². The Morgan fingerprint density at radius 1 is 1.33 bits per heavy atom. The van der Waals surface area contributed by atoms with Gasteiger partial charge in [-0.3, -0.25) is 4.79 Å². The van der Waals surface area contributed by atoms with E-state index in [4.69, 9.17) is 9.84 Å². The van der Waals surface area contributed by atoms with E-state index < -0.39 is 12.6 Å². The summed E-state index contributed by atoms with van der Waals surface area (Å²) < 4.78 is 4.80. The number of rotatable bonds is 5. The number of hydrogen-bond donors (Lipinski definition) is 2. The molecule has 0 amide bonds. The molecule has 18 heavy (non-hydrogen) atoms. The average molecular weight is 247 g/mol. The van der Waals surface area contributed by atoms with Crippen molar-refractivity contribution in [2.75, 3.05) is 13.2 Å². The van der Waals surface area contributed by atoms with Gasteiger partial charge in [0.2, 0.25) is 0 Å². The zero-order valence-electron chi connectivity index (χ0n) is 9.90. The molecule has 0 aliphatic heterocycles. The zero-order chi connectivity index (χ0) is 13.1. The fourth-order valence-corrected chi connectivity index (χ4v) is 1.77. The lowest BCUT2D eigenvalue weighted by Crippen LogP contribution is -2.14.